The van der Waals surface area contributed by atoms with Crippen LogP contribution in [0.2, 0.25) is 0 Å². The number of aromatic nitrogens is 2. The van der Waals surface area contributed by atoms with E-state index in [-0.39, 0.29) is 11.8 Å². The van der Waals surface area contributed by atoms with Crippen LogP contribution in [0.4, 0.5) is 5.69 Å². The summed E-state index contributed by atoms with van der Waals surface area (Å²) in [4.78, 5) is 11.4. The van der Waals surface area contributed by atoms with Crippen LogP contribution in [0.25, 0.3) is 0 Å². The third kappa shape index (κ3) is 1.71. The van der Waals surface area contributed by atoms with Crippen molar-refractivity contribution in [1.82, 2.24) is 9.78 Å². The lowest BCUT2D eigenvalue weighted by Crippen LogP contribution is -2.13. The fourth-order valence-electron chi connectivity index (χ4n) is 1.41. The number of hydrogen-bond acceptors (Lipinski definition) is 2. The molecule has 0 radical (unpaired) electrons. The van der Waals surface area contributed by atoms with Crippen LogP contribution in [0, 0.1) is 11.8 Å². The summed E-state index contributed by atoms with van der Waals surface area (Å²) >= 11 is 0. The van der Waals surface area contributed by atoms with E-state index in [0.29, 0.717) is 5.92 Å². The largest absolute Gasteiger partial charge is 0.323 e. The van der Waals surface area contributed by atoms with E-state index in [9.17, 15) is 4.79 Å². The molecule has 0 bridgehead atoms. The molecule has 0 aliphatic heterocycles. The third-order valence-corrected chi connectivity index (χ3v) is 2.42. The summed E-state index contributed by atoms with van der Waals surface area (Å²) in [7, 11) is 1.83. The monoisotopic (exact) mass is 179 g/mol. The average Bonchev–Trinajstić information content (AvgIpc) is 2.66. The summed E-state index contributed by atoms with van der Waals surface area (Å²) in [5.74, 6) is 0.900. The highest BCUT2D eigenvalue weighted by atomic mass is 16.2. The van der Waals surface area contributed by atoms with E-state index in [0.717, 1.165) is 12.1 Å². The quantitative estimate of drug-likeness (QED) is 0.736. The lowest BCUT2D eigenvalue weighted by molar-refractivity contribution is -0.117. The second-order valence-corrected chi connectivity index (χ2v) is 3.71. The highest BCUT2D eigenvalue weighted by molar-refractivity contribution is 5.94. The highest BCUT2D eigenvalue weighted by Gasteiger charge is 2.39. The van der Waals surface area contributed by atoms with E-state index in [1.54, 1.807) is 17.1 Å². The van der Waals surface area contributed by atoms with Gasteiger partial charge in [0.15, 0.2) is 0 Å². The van der Waals surface area contributed by atoms with Gasteiger partial charge in [-0.25, -0.2) is 0 Å². The summed E-state index contributed by atoms with van der Waals surface area (Å²) < 4.78 is 1.67. The lowest BCUT2D eigenvalue weighted by Gasteiger charge is -1.98. The zero-order chi connectivity index (χ0) is 9.42. The second-order valence-electron chi connectivity index (χ2n) is 3.71. The Morgan fingerprint density at radius 2 is 2.46 bits per heavy atom. The molecular formula is C9H13N3O. The number of nitrogens with zero attached hydrogens (tertiary/aromatic N) is 2. The van der Waals surface area contributed by atoms with Crippen molar-refractivity contribution in [3.05, 3.63) is 12.4 Å². The fourth-order valence-corrected chi connectivity index (χ4v) is 1.41. The molecule has 13 heavy (non-hydrogen) atoms. The molecule has 1 fully saturated rings. The van der Waals surface area contributed by atoms with Gasteiger partial charge in [-0.05, 0) is 12.3 Å². The van der Waals surface area contributed by atoms with Gasteiger partial charge in [0.25, 0.3) is 0 Å². The molecule has 1 heterocycles. The van der Waals surface area contributed by atoms with Crippen molar-refractivity contribution in [2.75, 3.05) is 5.32 Å². The first kappa shape index (κ1) is 8.29. The van der Waals surface area contributed by atoms with E-state index < -0.39 is 0 Å². The van der Waals surface area contributed by atoms with Crippen LogP contribution in [0.3, 0.4) is 0 Å². The zero-order valence-electron chi connectivity index (χ0n) is 7.82. The van der Waals surface area contributed by atoms with Crippen molar-refractivity contribution >= 4 is 11.6 Å². The molecule has 1 saturated carbocycles. The van der Waals surface area contributed by atoms with Crippen LogP contribution in [-0.2, 0) is 11.8 Å². The molecule has 1 aliphatic carbocycles. The molecule has 0 unspecified atom stereocenters. The topological polar surface area (TPSA) is 46.9 Å². The van der Waals surface area contributed by atoms with Crippen LogP contribution in [-0.4, -0.2) is 15.7 Å². The molecule has 2 atom stereocenters. The van der Waals surface area contributed by atoms with Crippen molar-refractivity contribution in [2.24, 2.45) is 18.9 Å². The summed E-state index contributed by atoms with van der Waals surface area (Å²) in [6, 6.07) is 0. The molecule has 70 valence electrons. The Morgan fingerprint density at radius 1 is 1.77 bits per heavy atom. The Labute approximate surface area is 76.9 Å². The smallest absolute Gasteiger partial charge is 0.227 e. The number of rotatable bonds is 2. The minimum absolute atomic E-state index is 0.125. The van der Waals surface area contributed by atoms with Gasteiger partial charge in [0.05, 0.1) is 11.9 Å². The number of aryl methyl sites for hydroxylation is 1. The van der Waals surface area contributed by atoms with E-state index in [2.05, 4.69) is 17.3 Å². The first-order valence-electron chi connectivity index (χ1n) is 4.46. The zero-order valence-corrected chi connectivity index (χ0v) is 7.82. The van der Waals surface area contributed by atoms with Crippen LogP contribution >= 0.6 is 0 Å². The number of carbonyl (C=O) groups excluding carboxylic acids is 1. The average molecular weight is 179 g/mol. The van der Waals surface area contributed by atoms with E-state index in [4.69, 9.17) is 0 Å². The molecule has 2 rings (SSSR count). The molecule has 1 aromatic heterocycles. The van der Waals surface area contributed by atoms with Crippen molar-refractivity contribution < 1.29 is 4.79 Å². The first-order chi connectivity index (χ1) is 6.16. The van der Waals surface area contributed by atoms with Gasteiger partial charge < -0.3 is 5.32 Å². The van der Waals surface area contributed by atoms with Crippen molar-refractivity contribution in [2.45, 2.75) is 13.3 Å². The maximum atomic E-state index is 11.4. The van der Waals surface area contributed by atoms with E-state index >= 15 is 0 Å². The van der Waals surface area contributed by atoms with Gasteiger partial charge in [-0.3, -0.25) is 9.48 Å². The van der Waals surface area contributed by atoms with Gasteiger partial charge in [0.1, 0.15) is 0 Å². The fraction of sp³-hybridized carbons (Fsp3) is 0.556. The summed E-state index contributed by atoms with van der Waals surface area (Å²) in [6.07, 6.45) is 4.47. The Morgan fingerprint density at radius 3 is 2.92 bits per heavy atom. The lowest BCUT2D eigenvalue weighted by atomic mass is 10.3. The Hall–Kier alpha value is -1.32. The second kappa shape index (κ2) is 2.87. The summed E-state index contributed by atoms with van der Waals surface area (Å²) in [5.41, 5.74) is 0.784. The van der Waals surface area contributed by atoms with Gasteiger partial charge in [-0.15, -0.1) is 0 Å². The summed E-state index contributed by atoms with van der Waals surface area (Å²) in [5, 5.41) is 6.80. The van der Waals surface area contributed by atoms with Crippen LogP contribution in [0.15, 0.2) is 12.4 Å². The van der Waals surface area contributed by atoms with Gasteiger partial charge in [0.2, 0.25) is 5.91 Å². The predicted octanol–water partition coefficient (Wildman–Crippen LogP) is 1.01. The molecule has 1 amide bonds. The number of amides is 1. The van der Waals surface area contributed by atoms with Crippen molar-refractivity contribution in [3.63, 3.8) is 0 Å². The van der Waals surface area contributed by atoms with Crippen molar-refractivity contribution in [1.29, 1.82) is 0 Å². The maximum absolute atomic E-state index is 11.4. The Balaban J connectivity index is 1.95. The third-order valence-electron chi connectivity index (χ3n) is 2.42. The summed E-state index contributed by atoms with van der Waals surface area (Å²) in [6.45, 7) is 2.09. The molecule has 1 aliphatic rings. The SMILES string of the molecule is C[C@@H]1C[C@H]1C(=O)Nc1cnn(C)c1. The number of carbonyl (C=O) groups is 1. The number of anilines is 1. The van der Waals surface area contributed by atoms with Gasteiger partial charge in [0, 0.05) is 19.2 Å². The minimum atomic E-state index is 0.125. The normalized spacial score (nSPS) is 25.7. The molecule has 0 saturated heterocycles. The molecule has 4 heteroatoms. The Kier molecular flexibility index (Phi) is 1.83. The minimum Gasteiger partial charge on any atom is -0.323 e. The number of nitrogens with one attached hydrogen (secondary N) is 1. The highest BCUT2D eigenvalue weighted by Crippen LogP contribution is 2.38. The van der Waals surface area contributed by atoms with Gasteiger partial charge in [-0.2, -0.15) is 5.10 Å². The van der Waals surface area contributed by atoms with Crippen LogP contribution in [0.5, 0.6) is 0 Å². The predicted molar refractivity (Wildman–Crippen MR) is 49.1 cm³/mol. The van der Waals surface area contributed by atoms with E-state index in [1.807, 2.05) is 7.05 Å². The molecule has 1 N–H and O–H groups in total. The van der Waals surface area contributed by atoms with Gasteiger partial charge >= 0.3 is 0 Å². The van der Waals surface area contributed by atoms with Crippen LogP contribution in [0.1, 0.15) is 13.3 Å². The standard InChI is InChI=1S/C9H13N3O/c1-6-3-8(6)9(13)11-7-4-10-12(2)5-7/h4-6,8H,3H2,1-2H3,(H,11,13)/t6-,8-/m1/s1. The molecule has 4 nitrogen and oxygen atoms in total. The maximum Gasteiger partial charge on any atom is 0.227 e. The number of hydrogen-bond donors (Lipinski definition) is 1. The molecule has 1 aromatic rings. The van der Waals surface area contributed by atoms with E-state index in [1.165, 1.54) is 0 Å². The molecule has 0 aromatic carbocycles. The molecule has 0 spiro atoms. The van der Waals surface area contributed by atoms with Crippen LogP contribution < -0.4 is 5.32 Å². The Bertz CT molecular complexity index is 331. The molecular weight excluding hydrogens is 166 g/mol. The first-order valence-corrected chi connectivity index (χ1v) is 4.46. The van der Waals surface area contributed by atoms with Gasteiger partial charge in [-0.1, -0.05) is 6.92 Å². The van der Waals surface area contributed by atoms with Crippen molar-refractivity contribution in [3.8, 4) is 0 Å².